The Kier molecular flexibility index (Phi) is 2.55. The summed E-state index contributed by atoms with van der Waals surface area (Å²) in [6, 6.07) is 5.69. The fraction of sp³-hybridized carbons (Fsp3) is 0.538. The summed E-state index contributed by atoms with van der Waals surface area (Å²) in [5.74, 6) is 0.795. The molecule has 2 bridgehead atoms. The van der Waals surface area contributed by atoms with Crippen molar-refractivity contribution in [3.05, 3.63) is 18.2 Å². The monoisotopic (exact) mass is 266 g/mol. The first-order valence-corrected chi connectivity index (χ1v) is 8.20. The van der Waals surface area contributed by atoms with Crippen molar-refractivity contribution >= 4 is 21.2 Å². The van der Waals surface area contributed by atoms with Gasteiger partial charge in [0, 0.05) is 18.8 Å². The molecule has 0 aromatic heterocycles. The largest absolute Gasteiger partial charge is 0.397 e. The molecular weight excluding hydrogens is 248 g/mol. The first-order valence-electron chi connectivity index (χ1n) is 6.31. The predicted molar refractivity (Wildman–Crippen MR) is 72.4 cm³/mol. The third-order valence-corrected chi connectivity index (χ3v) is 5.26. The third-order valence-electron chi connectivity index (χ3n) is 4.15. The van der Waals surface area contributed by atoms with Gasteiger partial charge in [-0.15, -0.1) is 0 Å². The van der Waals surface area contributed by atoms with E-state index >= 15 is 0 Å². The minimum absolute atomic E-state index is 0.299. The summed E-state index contributed by atoms with van der Waals surface area (Å²) in [4.78, 5) is 2.64. The Morgan fingerprint density at radius 3 is 2.61 bits per heavy atom. The lowest BCUT2D eigenvalue weighted by molar-refractivity contribution is 0.554. The fourth-order valence-corrected chi connectivity index (χ4v) is 3.90. The van der Waals surface area contributed by atoms with Gasteiger partial charge in [0.1, 0.15) is 0 Å². The Morgan fingerprint density at radius 1 is 1.33 bits per heavy atom. The molecule has 1 aromatic rings. The Bertz CT molecular complexity index is 583. The summed E-state index contributed by atoms with van der Waals surface area (Å²) in [5.41, 5.74) is 7.59. The van der Waals surface area contributed by atoms with E-state index in [0.29, 0.717) is 16.6 Å². The molecule has 98 valence electrons. The van der Waals surface area contributed by atoms with Crippen molar-refractivity contribution < 1.29 is 8.42 Å². The number of nitrogen functional groups attached to an aromatic ring is 1. The van der Waals surface area contributed by atoms with Crippen LogP contribution in [-0.2, 0) is 9.84 Å². The number of hydrogen-bond acceptors (Lipinski definition) is 4. The van der Waals surface area contributed by atoms with Crippen LogP contribution in [0, 0.1) is 5.92 Å². The predicted octanol–water partition coefficient (Wildman–Crippen LogP) is 1.66. The molecule has 2 unspecified atom stereocenters. The van der Waals surface area contributed by atoms with Crippen molar-refractivity contribution in [1.82, 2.24) is 0 Å². The second kappa shape index (κ2) is 3.88. The number of sulfone groups is 1. The van der Waals surface area contributed by atoms with E-state index in [1.165, 1.54) is 25.5 Å². The van der Waals surface area contributed by atoms with Crippen LogP contribution in [0.4, 0.5) is 11.4 Å². The molecule has 2 N–H and O–H groups in total. The van der Waals surface area contributed by atoms with Crippen molar-refractivity contribution in [2.45, 2.75) is 30.2 Å². The highest BCUT2D eigenvalue weighted by molar-refractivity contribution is 7.90. The van der Waals surface area contributed by atoms with Gasteiger partial charge in [-0.25, -0.2) is 8.42 Å². The molecule has 1 aliphatic heterocycles. The van der Waals surface area contributed by atoms with E-state index in [0.717, 1.165) is 18.2 Å². The zero-order valence-electron chi connectivity index (χ0n) is 10.5. The van der Waals surface area contributed by atoms with E-state index < -0.39 is 9.84 Å². The van der Waals surface area contributed by atoms with Crippen LogP contribution in [0.1, 0.15) is 19.3 Å². The molecule has 1 aromatic carbocycles. The summed E-state index contributed by atoms with van der Waals surface area (Å²) in [5, 5.41) is 0. The van der Waals surface area contributed by atoms with Crippen molar-refractivity contribution in [3.63, 3.8) is 0 Å². The van der Waals surface area contributed by atoms with E-state index in [4.69, 9.17) is 5.73 Å². The van der Waals surface area contributed by atoms with Crippen LogP contribution < -0.4 is 10.6 Å². The number of nitrogens with zero attached hydrogens (tertiary/aromatic N) is 1. The molecule has 1 heterocycles. The van der Waals surface area contributed by atoms with E-state index in [-0.39, 0.29) is 0 Å². The number of nitrogens with two attached hydrogens (primary N) is 1. The Balaban J connectivity index is 1.95. The van der Waals surface area contributed by atoms with E-state index in [9.17, 15) is 8.42 Å². The highest BCUT2D eigenvalue weighted by atomic mass is 32.2. The molecule has 2 fully saturated rings. The van der Waals surface area contributed by atoms with Gasteiger partial charge in [0.2, 0.25) is 0 Å². The normalized spacial score (nSPS) is 26.8. The van der Waals surface area contributed by atoms with E-state index in [1.54, 1.807) is 12.1 Å². The average Bonchev–Trinajstić information content (AvgIpc) is 2.89. The summed E-state index contributed by atoms with van der Waals surface area (Å²) in [6.45, 7) is 1.06. The molecule has 0 spiro atoms. The molecule has 18 heavy (non-hydrogen) atoms. The molecule has 1 saturated heterocycles. The maximum atomic E-state index is 11.5. The van der Waals surface area contributed by atoms with Crippen molar-refractivity contribution in [3.8, 4) is 0 Å². The summed E-state index contributed by atoms with van der Waals surface area (Å²) >= 11 is 0. The maximum Gasteiger partial charge on any atom is 0.175 e. The summed E-state index contributed by atoms with van der Waals surface area (Å²) in [7, 11) is -3.17. The smallest absolute Gasteiger partial charge is 0.175 e. The standard InChI is InChI=1S/C13H18N2O2S/c1-18(16,17)11-4-5-13(12(14)7-11)15-8-9-2-3-10(15)6-9/h4-5,7,9-10H,2-3,6,8,14H2,1H3. The van der Waals surface area contributed by atoms with Crippen molar-refractivity contribution in [2.24, 2.45) is 5.92 Å². The van der Waals surface area contributed by atoms with Gasteiger partial charge in [0.05, 0.1) is 16.3 Å². The highest BCUT2D eigenvalue weighted by Crippen LogP contribution is 2.42. The molecule has 4 nitrogen and oxygen atoms in total. The highest BCUT2D eigenvalue weighted by Gasteiger charge is 2.38. The lowest BCUT2D eigenvalue weighted by Crippen LogP contribution is -2.32. The Labute approximate surface area is 108 Å². The lowest BCUT2D eigenvalue weighted by Gasteiger charge is -2.30. The van der Waals surface area contributed by atoms with Gasteiger partial charge in [-0.05, 0) is 43.4 Å². The maximum absolute atomic E-state index is 11.5. The van der Waals surface area contributed by atoms with Crippen LogP contribution in [0.15, 0.2) is 23.1 Å². The fourth-order valence-electron chi connectivity index (χ4n) is 3.24. The second-order valence-electron chi connectivity index (χ2n) is 5.48. The third kappa shape index (κ3) is 1.86. The lowest BCUT2D eigenvalue weighted by atomic mass is 10.1. The van der Waals surface area contributed by atoms with Crippen LogP contribution in [0.5, 0.6) is 0 Å². The molecule has 0 amide bonds. The zero-order valence-corrected chi connectivity index (χ0v) is 11.3. The SMILES string of the molecule is CS(=O)(=O)c1ccc(N2CC3CCC2C3)c(N)c1. The molecule has 0 radical (unpaired) electrons. The first-order chi connectivity index (χ1) is 8.45. The second-order valence-corrected chi connectivity index (χ2v) is 7.49. The number of rotatable bonds is 2. The molecule has 1 saturated carbocycles. The topological polar surface area (TPSA) is 63.4 Å². The Hall–Kier alpha value is -1.23. The molecule has 3 rings (SSSR count). The molecule has 2 atom stereocenters. The van der Waals surface area contributed by atoms with Gasteiger partial charge in [-0.2, -0.15) is 0 Å². The summed E-state index contributed by atoms with van der Waals surface area (Å²) in [6.07, 6.45) is 5.02. The number of hydrogen-bond donors (Lipinski definition) is 1. The van der Waals surface area contributed by atoms with Gasteiger partial charge in [-0.1, -0.05) is 0 Å². The van der Waals surface area contributed by atoms with Gasteiger partial charge in [0.15, 0.2) is 9.84 Å². The number of piperidine rings is 1. The van der Waals surface area contributed by atoms with Crippen molar-refractivity contribution in [1.29, 1.82) is 0 Å². The number of anilines is 2. The van der Waals surface area contributed by atoms with Crippen LogP contribution >= 0.6 is 0 Å². The molecule has 1 aliphatic carbocycles. The summed E-state index contributed by atoms with van der Waals surface area (Å²) < 4.78 is 23.0. The Morgan fingerprint density at radius 2 is 2.11 bits per heavy atom. The molecule has 5 heteroatoms. The van der Waals surface area contributed by atoms with E-state index in [2.05, 4.69) is 4.90 Å². The zero-order chi connectivity index (χ0) is 12.9. The number of benzene rings is 1. The van der Waals surface area contributed by atoms with E-state index in [1.807, 2.05) is 6.07 Å². The van der Waals surface area contributed by atoms with Crippen LogP contribution in [0.25, 0.3) is 0 Å². The average molecular weight is 266 g/mol. The van der Waals surface area contributed by atoms with Crippen LogP contribution in [0.3, 0.4) is 0 Å². The minimum atomic E-state index is -3.17. The quantitative estimate of drug-likeness (QED) is 0.827. The van der Waals surface area contributed by atoms with Crippen molar-refractivity contribution in [2.75, 3.05) is 23.4 Å². The van der Waals surface area contributed by atoms with Crippen LogP contribution in [-0.4, -0.2) is 27.3 Å². The molecule has 2 aliphatic rings. The van der Waals surface area contributed by atoms with Gasteiger partial charge < -0.3 is 10.6 Å². The minimum Gasteiger partial charge on any atom is -0.397 e. The first kappa shape index (κ1) is 11.8. The van der Waals surface area contributed by atoms with Crippen LogP contribution in [0.2, 0.25) is 0 Å². The number of fused-ring (bicyclic) bond motifs is 2. The van der Waals surface area contributed by atoms with Gasteiger partial charge in [-0.3, -0.25) is 0 Å². The van der Waals surface area contributed by atoms with Gasteiger partial charge >= 0.3 is 0 Å². The van der Waals surface area contributed by atoms with Gasteiger partial charge in [0.25, 0.3) is 0 Å². The molecular formula is C13H18N2O2S.